The van der Waals surface area contributed by atoms with Gasteiger partial charge in [0.05, 0.1) is 5.39 Å². The molecule has 0 radical (unpaired) electrons. The van der Waals surface area contributed by atoms with E-state index < -0.39 is 0 Å². The van der Waals surface area contributed by atoms with Crippen molar-refractivity contribution in [2.75, 3.05) is 5.73 Å². The van der Waals surface area contributed by atoms with Gasteiger partial charge in [-0.2, -0.15) is 0 Å². The van der Waals surface area contributed by atoms with Gasteiger partial charge < -0.3 is 10.7 Å². The largest absolute Gasteiger partial charge is 0.385 e. The molecule has 0 spiro atoms. The van der Waals surface area contributed by atoms with E-state index in [0.717, 1.165) is 19.6 Å². The van der Waals surface area contributed by atoms with Crippen LogP contribution in [0.25, 0.3) is 20.5 Å². The molecule has 3 nitrogen and oxygen atoms in total. The summed E-state index contributed by atoms with van der Waals surface area (Å²) in [6.45, 7) is 0. The molecule has 0 amide bonds. The Balaban J connectivity index is 2.37. The predicted octanol–water partition coefficient (Wildman–Crippen LogP) is 3.60. The number of hydrogen-bond donors (Lipinski definition) is 2. The number of benzene rings is 1. The number of nitrogen functional groups attached to an aromatic ring is 1. The molecular weight excluding hydrogens is 312 g/mol. The van der Waals surface area contributed by atoms with E-state index in [4.69, 9.17) is 5.73 Å². The number of aromatic amines is 1. The molecule has 0 aliphatic rings. The van der Waals surface area contributed by atoms with Crippen molar-refractivity contribution in [2.24, 2.45) is 0 Å². The third-order valence-corrected chi connectivity index (χ3v) is 4.93. The average molecular weight is 321 g/mol. The number of anilines is 1. The van der Waals surface area contributed by atoms with Crippen molar-refractivity contribution in [2.45, 2.75) is 0 Å². The number of H-pyrrole nitrogens is 1. The van der Waals surface area contributed by atoms with Crippen LogP contribution in [0.4, 0.5) is 5.82 Å². The standard InChI is InChI=1S/C13H9BrN2OS/c14-11-10-8(6-9(15)16-13(10)17)18-12(11)7-4-2-1-3-5-7/h1-6H,(H3,15,16,17). The number of fused-ring (bicyclic) bond motifs is 1. The van der Waals surface area contributed by atoms with Crippen LogP contribution in [0.5, 0.6) is 0 Å². The fourth-order valence-corrected chi connectivity index (χ4v) is 4.03. The number of halogens is 1. The van der Waals surface area contributed by atoms with E-state index in [2.05, 4.69) is 20.9 Å². The fraction of sp³-hybridized carbons (Fsp3) is 0. The summed E-state index contributed by atoms with van der Waals surface area (Å²) in [7, 11) is 0. The molecule has 0 bridgehead atoms. The van der Waals surface area contributed by atoms with Gasteiger partial charge in [-0.1, -0.05) is 30.3 Å². The summed E-state index contributed by atoms with van der Waals surface area (Å²) < 4.78 is 1.72. The molecule has 3 aromatic rings. The van der Waals surface area contributed by atoms with Crippen molar-refractivity contribution in [1.29, 1.82) is 0 Å². The van der Waals surface area contributed by atoms with Crippen LogP contribution in [-0.2, 0) is 0 Å². The highest BCUT2D eigenvalue weighted by Gasteiger charge is 2.14. The van der Waals surface area contributed by atoms with Crippen molar-refractivity contribution >= 4 is 43.2 Å². The van der Waals surface area contributed by atoms with Gasteiger partial charge in [-0.15, -0.1) is 11.3 Å². The number of nitrogens with two attached hydrogens (primary N) is 1. The van der Waals surface area contributed by atoms with E-state index in [-0.39, 0.29) is 5.56 Å². The number of rotatable bonds is 1. The minimum atomic E-state index is -0.157. The molecule has 0 aliphatic carbocycles. The van der Waals surface area contributed by atoms with Crippen LogP contribution in [0.2, 0.25) is 0 Å². The number of aromatic nitrogens is 1. The lowest BCUT2D eigenvalue weighted by molar-refractivity contribution is 1.29. The molecule has 0 saturated heterocycles. The number of thiophene rings is 1. The molecule has 3 rings (SSSR count). The smallest absolute Gasteiger partial charge is 0.259 e. The lowest BCUT2D eigenvalue weighted by Crippen LogP contribution is -2.07. The molecular formula is C13H9BrN2OS. The minimum absolute atomic E-state index is 0.157. The van der Waals surface area contributed by atoms with Crippen LogP contribution < -0.4 is 11.3 Å². The van der Waals surface area contributed by atoms with Gasteiger partial charge in [0, 0.05) is 14.0 Å². The number of nitrogens with one attached hydrogen (secondary N) is 1. The van der Waals surface area contributed by atoms with E-state index in [0.29, 0.717) is 11.2 Å². The van der Waals surface area contributed by atoms with E-state index in [1.54, 1.807) is 17.4 Å². The topological polar surface area (TPSA) is 58.9 Å². The van der Waals surface area contributed by atoms with E-state index in [1.807, 2.05) is 30.3 Å². The summed E-state index contributed by atoms with van der Waals surface area (Å²) >= 11 is 5.07. The number of pyridine rings is 1. The van der Waals surface area contributed by atoms with Crippen molar-refractivity contribution < 1.29 is 0 Å². The first-order valence-electron chi connectivity index (χ1n) is 5.33. The molecule has 0 atom stereocenters. The van der Waals surface area contributed by atoms with Gasteiger partial charge in [0.2, 0.25) is 0 Å². The van der Waals surface area contributed by atoms with E-state index >= 15 is 0 Å². The SMILES string of the molecule is Nc1cc2sc(-c3ccccc3)c(Br)c2c(=O)[nH]1. The van der Waals surface area contributed by atoms with E-state index in [1.165, 1.54) is 0 Å². The Labute approximate surface area is 115 Å². The Bertz CT molecular complexity index is 777. The Morgan fingerprint density at radius 1 is 1.22 bits per heavy atom. The van der Waals surface area contributed by atoms with Crippen molar-refractivity contribution in [1.82, 2.24) is 4.98 Å². The fourth-order valence-electron chi connectivity index (χ4n) is 1.89. The van der Waals surface area contributed by atoms with Gasteiger partial charge in [-0.25, -0.2) is 0 Å². The normalized spacial score (nSPS) is 10.9. The van der Waals surface area contributed by atoms with Crippen LogP contribution in [0, 0.1) is 0 Å². The summed E-state index contributed by atoms with van der Waals surface area (Å²) in [5.74, 6) is 0.390. The van der Waals surface area contributed by atoms with Crippen LogP contribution in [-0.4, -0.2) is 4.98 Å². The zero-order chi connectivity index (χ0) is 12.7. The van der Waals surface area contributed by atoms with E-state index in [9.17, 15) is 4.79 Å². The first kappa shape index (κ1) is 11.5. The zero-order valence-corrected chi connectivity index (χ0v) is 11.6. The van der Waals surface area contributed by atoms with Crippen molar-refractivity contribution in [3.63, 3.8) is 0 Å². The average Bonchev–Trinajstić information content (AvgIpc) is 2.67. The molecule has 0 aliphatic heterocycles. The van der Waals surface area contributed by atoms with Crippen LogP contribution in [0.1, 0.15) is 0 Å². The highest BCUT2D eigenvalue weighted by Crippen LogP contribution is 2.40. The Morgan fingerprint density at radius 2 is 1.94 bits per heavy atom. The zero-order valence-electron chi connectivity index (χ0n) is 9.24. The van der Waals surface area contributed by atoms with Crippen molar-refractivity contribution in [3.8, 4) is 10.4 Å². The molecule has 2 aromatic heterocycles. The van der Waals surface area contributed by atoms with Crippen LogP contribution >= 0.6 is 27.3 Å². The summed E-state index contributed by atoms with van der Waals surface area (Å²) in [5, 5.41) is 0.660. The molecule has 90 valence electrons. The highest BCUT2D eigenvalue weighted by molar-refractivity contribution is 9.10. The molecule has 0 unspecified atom stereocenters. The lowest BCUT2D eigenvalue weighted by atomic mass is 10.2. The van der Waals surface area contributed by atoms with Gasteiger partial charge in [0.15, 0.2) is 0 Å². The Kier molecular flexibility index (Phi) is 2.72. The third-order valence-electron chi connectivity index (χ3n) is 2.68. The van der Waals surface area contributed by atoms with Gasteiger partial charge in [0.25, 0.3) is 5.56 Å². The van der Waals surface area contributed by atoms with Crippen molar-refractivity contribution in [3.05, 3.63) is 51.2 Å². The van der Waals surface area contributed by atoms with Gasteiger partial charge in [-0.3, -0.25) is 4.79 Å². The first-order valence-corrected chi connectivity index (χ1v) is 6.94. The monoisotopic (exact) mass is 320 g/mol. The molecule has 3 N–H and O–H groups in total. The van der Waals surface area contributed by atoms with Gasteiger partial charge >= 0.3 is 0 Å². The molecule has 1 aromatic carbocycles. The Hall–Kier alpha value is -1.59. The highest BCUT2D eigenvalue weighted by atomic mass is 79.9. The summed E-state index contributed by atoms with van der Waals surface area (Å²) in [5.41, 5.74) is 6.59. The quantitative estimate of drug-likeness (QED) is 0.719. The maximum absolute atomic E-state index is 11.9. The van der Waals surface area contributed by atoms with Crippen LogP contribution in [0.15, 0.2) is 45.7 Å². The van der Waals surface area contributed by atoms with Gasteiger partial charge in [-0.05, 0) is 27.6 Å². The summed E-state index contributed by atoms with van der Waals surface area (Å²) in [4.78, 5) is 15.6. The molecule has 0 fully saturated rings. The second kappa shape index (κ2) is 4.26. The predicted molar refractivity (Wildman–Crippen MR) is 80.0 cm³/mol. The second-order valence-electron chi connectivity index (χ2n) is 3.90. The molecule has 18 heavy (non-hydrogen) atoms. The molecule has 2 heterocycles. The summed E-state index contributed by atoms with van der Waals surface area (Å²) in [6, 6.07) is 11.8. The first-order chi connectivity index (χ1) is 8.66. The Morgan fingerprint density at radius 3 is 2.67 bits per heavy atom. The number of hydrogen-bond acceptors (Lipinski definition) is 3. The maximum atomic E-state index is 11.9. The molecule has 5 heteroatoms. The lowest BCUT2D eigenvalue weighted by Gasteiger charge is -1.97. The minimum Gasteiger partial charge on any atom is -0.385 e. The van der Waals surface area contributed by atoms with Gasteiger partial charge in [0.1, 0.15) is 5.82 Å². The molecule has 0 saturated carbocycles. The maximum Gasteiger partial charge on any atom is 0.259 e. The summed E-state index contributed by atoms with van der Waals surface area (Å²) in [6.07, 6.45) is 0. The second-order valence-corrected chi connectivity index (χ2v) is 5.75. The third kappa shape index (κ3) is 1.76. The van der Waals surface area contributed by atoms with Crippen LogP contribution in [0.3, 0.4) is 0 Å².